The van der Waals surface area contributed by atoms with Crippen LogP contribution in [0.4, 0.5) is 5.82 Å². The normalized spacial score (nSPS) is 10.2. The fourth-order valence-corrected chi connectivity index (χ4v) is 2.16. The van der Waals surface area contributed by atoms with Crippen LogP contribution >= 0.6 is 15.9 Å². The minimum atomic E-state index is 0.504. The second-order valence-electron chi connectivity index (χ2n) is 3.89. The molecule has 2 N–H and O–H groups in total. The molecule has 1 aromatic heterocycles. The smallest absolute Gasteiger partial charge is 0.126 e. The highest BCUT2D eigenvalue weighted by molar-refractivity contribution is 9.10. The number of nitriles is 1. The Morgan fingerprint density at radius 2 is 1.82 bits per heavy atom. The van der Waals surface area contributed by atoms with Crippen molar-refractivity contribution in [1.29, 1.82) is 5.26 Å². The van der Waals surface area contributed by atoms with E-state index in [0.717, 1.165) is 21.4 Å². The van der Waals surface area contributed by atoms with E-state index in [1.54, 1.807) is 0 Å². The Morgan fingerprint density at radius 1 is 1.24 bits per heavy atom. The van der Waals surface area contributed by atoms with Crippen molar-refractivity contribution in [3.05, 3.63) is 45.6 Å². The molecule has 0 aliphatic rings. The summed E-state index contributed by atoms with van der Waals surface area (Å²) in [6.07, 6.45) is 0. The van der Waals surface area contributed by atoms with Gasteiger partial charge in [-0.25, -0.2) is 0 Å². The van der Waals surface area contributed by atoms with Crippen molar-refractivity contribution in [2.24, 2.45) is 0 Å². The molecule has 2 aromatic rings. The average Bonchev–Trinajstić information content (AvgIpc) is 2.52. The van der Waals surface area contributed by atoms with E-state index >= 15 is 0 Å². The lowest BCUT2D eigenvalue weighted by Crippen LogP contribution is -2.02. The first-order chi connectivity index (χ1) is 8.06. The minimum absolute atomic E-state index is 0.504. The summed E-state index contributed by atoms with van der Waals surface area (Å²) in [5, 5.41) is 9.08. The highest BCUT2D eigenvalue weighted by Gasteiger charge is 2.15. The van der Waals surface area contributed by atoms with E-state index in [4.69, 9.17) is 11.0 Å². The number of nitrogens with zero attached hydrogens (tertiary/aromatic N) is 2. The fourth-order valence-electron chi connectivity index (χ4n) is 1.90. The third-order valence-electron chi connectivity index (χ3n) is 2.95. The van der Waals surface area contributed by atoms with Gasteiger partial charge in [0.1, 0.15) is 11.9 Å². The quantitative estimate of drug-likeness (QED) is 0.876. The third-order valence-corrected chi connectivity index (χ3v) is 3.48. The maximum absolute atomic E-state index is 9.08. The molecule has 0 amide bonds. The van der Waals surface area contributed by atoms with Gasteiger partial charge in [0.15, 0.2) is 0 Å². The van der Waals surface area contributed by atoms with Gasteiger partial charge in [0.25, 0.3) is 0 Å². The lowest BCUT2D eigenvalue weighted by atomic mass is 10.2. The number of rotatable bonds is 1. The predicted molar refractivity (Wildman–Crippen MR) is 72.1 cm³/mol. The number of nitrogens with two attached hydrogens (primary N) is 1. The van der Waals surface area contributed by atoms with E-state index in [-0.39, 0.29) is 0 Å². The van der Waals surface area contributed by atoms with Gasteiger partial charge in [0, 0.05) is 15.9 Å². The summed E-state index contributed by atoms with van der Waals surface area (Å²) in [4.78, 5) is 0. The summed E-state index contributed by atoms with van der Waals surface area (Å²) in [6, 6.07) is 9.99. The monoisotopic (exact) mass is 289 g/mol. The van der Waals surface area contributed by atoms with Gasteiger partial charge in [0.05, 0.1) is 5.56 Å². The maximum atomic E-state index is 9.08. The summed E-state index contributed by atoms with van der Waals surface area (Å²) < 4.78 is 2.92. The Balaban J connectivity index is 2.69. The Bertz CT molecular complexity index is 603. The molecular formula is C13H12BrN3. The van der Waals surface area contributed by atoms with Crippen molar-refractivity contribution in [3.63, 3.8) is 0 Å². The van der Waals surface area contributed by atoms with Crippen LogP contribution in [0.2, 0.25) is 0 Å². The van der Waals surface area contributed by atoms with Gasteiger partial charge in [-0.3, -0.25) is 4.57 Å². The maximum Gasteiger partial charge on any atom is 0.126 e. The molecular weight excluding hydrogens is 278 g/mol. The third kappa shape index (κ3) is 1.83. The average molecular weight is 290 g/mol. The Kier molecular flexibility index (Phi) is 2.95. The number of hydrogen-bond donors (Lipinski definition) is 1. The molecule has 0 radical (unpaired) electrons. The van der Waals surface area contributed by atoms with Gasteiger partial charge in [-0.15, -0.1) is 0 Å². The molecule has 0 fully saturated rings. The van der Waals surface area contributed by atoms with Crippen molar-refractivity contribution in [3.8, 4) is 11.8 Å². The summed E-state index contributed by atoms with van der Waals surface area (Å²) in [5.41, 5.74) is 9.48. The van der Waals surface area contributed by atoms with E-state index < -0.39 is 0 Å². The lowest BCUT2D eigenvalue weighted by molar-refractivity contribution is 1.02. The van der Waals surface area contributed by atoms with Crippen LogP contribution in [0.5, 0.6) is 0 Å². The Morgan fingerprint density at radius 3 is 2.29 bits per heavy atom. The van der Waals surface area contributed by atoms with E-state index in [9.17, 15) is 0 Å². The zero-order valence-electron chi connectivity index (χ0n) is 9.66. The van der Waals surface area contributed by atoms with Gasteiger partial charge in [-0.05, 0) is 43.7 Å². The largest absolute Gasteiger partial charge is 0.384 e. The molecule has 2 rings (SSSR count). The van der Waals surface area contributed by atoms with Crippen molar-refractivity contribution in [2.75, 3.05) is 5.73 Å². The van der Waals surface area contributed by atoms with Crippen molar-refractivity contribution in [1.82, 2.24) is 4.57 Å². The number of anilines is 1. The Hall–Kier alpha value is -1.73. The molecule has 0 spiro atoms. The van der Waals surface area contributed by atoms with E-state index in [1.807, 2.05) is 42.7 Å². The minimum Gasteiger partial charge on any atom is -0.384 e. The van der Waals surface area contributed by atoms with Crippen LogP contribution < -0.4 is 5.73 Å². The second-order valence-corrected chi connectivity index (χ2v) is 4.81. The molecule has 0 bridgehead atoms. The Labute approximate surface area is 109 Å². The summed E-state index contributed by atoms with van der Waals surface area (Å²) in [6.45, 7) is 3.88. The molecule has 3 nitrogen and oxygen atoms in total. The standard InChI is InChI=1S/C13H12BrN3/c1-8-9(2)17(13(16)12(8)7-15)11-5-3-10(14)4-6-11/h3-6H,16H2,1-2H3. The fraction of sp³-hybridized carbons (Fsp3) is 0.154. The molecule has 0 unspecified atom stereocenters. The second kappa shape index (κ2) is 4.27. The summed E-state index contributed by atoms with van der Waals surface area (Å²) in [7, 11) is 0. The van der Waals surface area contributed by atoms with Crippen LogP contribution in [0.15, 0.2) is 28.7 Å². The molecule has 1 aromatic carbocycles. The molecule has 1 heterocycles. The highest BCUT2D eigenvalue weighted by atomic mass is 79.9. The number of hydrogen-bond acceptors (Lipinski definition) is 2. The molecule has 0 atom stereocenters. The lowest BCUT2D eigenvalue weighted by Gasteiger charge is -2.09. The van der Waals surface area contributed by atoms with Crippen molar-refractivity contribution < 1.29 is 0 Å². The first-order valence-corrected chi connectivity index (χ1v) is 5.99. The van der Waals surface area contributed by atoms with E-state index in [1.165, 1.54) is 0 Å². The summed E-state index contributed by atoms with van der Waals surface area (Å²) in [5.74, 6) is 0.504. The first kappa shape index (κ1) is 11.7. The van der Waals surface area contributed by atoms with Crippen LogP contribution in [-0.2, 0) is 0 Å². The van der Waals surface area contributed by atoms with Gasteiger partial charge >= 0.3 is 0 Å². The van der Waals surface area contributed by atoms with Crippen LogP contribution in [0, 0.1) is 25.2 Å². The number of benzene rings is 1. The topological polar surface area (TPSA) is 54.7 Å². The highest BCUT2D eigenvalue weighted by Crippen LogP contribution is 2.27. The van der Waals surface area contributed by atoms with Crippen molar-refractivity contribution in [2.45, 2.75) is 13.8 Å². The van der Waals surface area contributed by atoms with E-state index in [2.05, 4.69) is 22.0 Å². The number of aromatic nitrogens is 1. The molecule has 0 saturated heterocycles. The first-order valence-electron chi connectivity index (χ1n) is 5.19. The van der Waals surface area contributed by atoms with Crippen LogP contribution in [-0.4, -0.2) is 4.57 Å². The zero-order valence-corrected chi connectivity index (χ0v) is 11.2. The number of halogens is 1. The van der Waals surface area contributed by atoms with Crippen LogP contribution in [0.1, 0.15) is 16.8 Å². The molecule has 4 heteroatoms. The molecule has 0 saturated carbocycles. The van der Waals surface area contributed by atoms with Crippen molar-refractivity contribution >= 4 is 21.7 Å². The zero-order chi connectivity index (χ0) is 12.6. The van der Waals surface area contributed by atoms with Gasteiger partial charge in [-0.1, -0.05) is 15.9 Å². The molecule has 0 aliphatic heterocycles. The van der Waals surface area contributed by atoms with Gasteiger partial charge in [-0.2, -0.15) is 5.26 Å². The molecule has 0 aliphatic carbocycles. The summed E-state index contributed by atoms with van der Waals surface area (Å²) >= 11 is 3.40. The molecule has 86 valence electrons. The predicted octanol–water partition coefficient (Wildman–Crippen LogP) is 3.31. The SMILES string of the molecule is Cc1c(C#N)c(N)n(-c2ccc(Br)cc2)c1C. The van der Waals surface area contributed by atoms with Gasteiger partial charge < -0.3 is 5.73 Å². The van der Waals surface area contributed by atoms with E-state index in [0.29, 0.717) is 11.4 Å². The number of nitrogen functional groups attached to an aromatic ring is 1. The van der Waals surface area contributed by atoms with Gasteiger partial charge in [0.2, 0.25) is 0 Å². The van der Waals surface area contributed by atoms with Crippen LogP contribution in [0.3, 0.4) is 0 Å². The molecule has 17 heavy (non-hydrogen) atoms. The van der Waals surface area contributed by atoms with Crippen LogP contribution in [0.25, 0.3) is 5.69 Å².